The van der Waals surface area contributed by atoms with Crippen LogP contribution in [0, 0.1) is 0 Å². The van der Waals surface area contributed by atoms with Crippen molar-refractivity contribution in [1.82, 2.24) is 20.1 Å². The third kappa shape index (κ3) is 4.93. The Morgan fingerprint density at radius 1 is 1.19 bits per heavy atom. The zero-order valence-corrected chi connectivity index (χ0v) is 19.0. The van der Waals surface area contributed by atoms with Gasteiger partial charge in [-0.15, -0.1) is 0 Å². The molecule has 1 aromatic carbocycles. The lowest BCUT2D eigenvalue weighted by Crippen LogP contribution is -2.32. The van der Waals surface area contributed by atoms with Crippen molar-refractivity contribution in [2.45, 2.75) is 64.6 Å². The topological polar surface area (TPSA) is 81.1 Å². The number of carbonyl (C=O) groups excluding carboxylic acids is 1. The molecule has 2 aromatic heterocycles. The third-order valence-corrected chi connectivity index (χ3v) is 6.13. The van der Waals surface area contributed by atoms with Gasteiger partial charge in [-0.1, -0.05) is 50.1 Å². The van der Waals surface area contributed by atoms with Gasteiger partial charge in [-0.25, -0.2) is 9.67 Å². The summed E-state index contributed by atoms with van der Waals surface area (Å²) in [5.41, 5.74) is 3.31. The van der Waals surface area contributed by atoms with E-state index in [9.17, 15) is 4.79 Å². The molecule has 3 aromatic rings. The number of anilines is 1. The Hall–Kier alpha value is -2.93. The number of unbranched alkanes of at least 4 members (excludes halogenated alkanes) is 1. The van der Waals surface area contributed by atoms with Crippen molar-refractivity contribution < 1.29 is 9.53 Å². The zero-order chi connectivity index (χ0) is 22.3. The van der Waals surface area contributed by atoms with Gasteiger partial charge in [0.05, 0.1) is 28.9 Å². The maximum Gasteiger partial charge on any atom is 0.255 e. The number of hydrogen-bond donors (Lipinski definition) is 2. The summed E-state index contributed by atoms with van der Waals surface area (Å²) in [6, 6.07) is 10.4. The average molecular weight is 436 g/mol. The first kappa shape index (κ1) is 22.3. The summed E-state index contributed by atoms with van der Waals surface area (Å²) in [5, 5.41) is 12.3. The van der Waals surface area contributed by atoms with Gasteiger partial charge in [-0.2, -0.15) is 5.10 Å². The summed E-state index contributed by atoms with van der Waals surface area (Å²) in [4.78, 5) is 18.1. The predicted octanol–water partition coefficient (Wildman–Crippen LogP) is 4.70. The van der Waals surface area contributed by atoms with E-state index in [1.54, 1.807) is 6.20 Å². The number of hydrogen-bond acceptors (Lipinski definition) is 5. The molecule has 3 heterocycles. The van der Waals surface area contributed by atoms with Crippen molar-refractivity contribution in [2.24, 2.45) is 0 Å². The minimum atomic E-state index is -0.108. The highest BCUT2D eigenvalue weighted by Crippen LogP contribution is 2.29. The molecule has 0 saturated carbocycles. The van der Waals surface area contributed by atoms with Crippen LogP contribution in [0.15, 0.2) is 42.7 Å². The van der Waals surface area contributed by atoms with Gasteiger partial charge in [0.1, 0.15) is 0 Å². The van der Waals surface area contributed by atoms with Crippen molar-refractivity contribution in [2.75, 3.05) is 18.5 Å². The van der Waals surface area contributed by atoms with Crippen LogP contribution >= 0.6 is 0 Å². The van der Waals surface area contributed by atoms with Gasteiger partial charge < -0.3 is 15.4 Å². The van der Waals surface area contributed by atoms with Crippen LogP contribution in [0.4, 0.5) is 5.69 Å². The van der Waals surface area contributed by atoms with E-state index in [-0.39, 0.29) is 18.0 Å². The molecule has 1 aliphatic rings. The number of pyridine rings is 1. The minimum Gasteiger partial charge on any atom is -0.381 e. The highest BCUT2D eigenvalue weighted by atomic mass is 16.5. The van der Waals surface area contributed by atoms with Crippen LogP contribution in [0.2, 0.25) is 0 Å². The third-order valence-electron chi connectivity index (χ3n) is 6.13. The second kappa shape index (κ2) is 10.6. The monoisotopic (exact) mass is 435 g/mol. The quantitative estimate of drug-likeness (QED) is 0.509. The second-order valence-corrected chi connectivity index (χ2v) is 8.35. The Labute approximate surface area is 189 Å². The average Bonchev–Trinajstić information content (AvgIpc) is 3.27. The highest BCUT2D eigenvalue weighted by Gasteiger charge is 2.24. The number of fused-ring (bicyclic) bond motifs is 1. The molecule has 1 fully saturated rings. The van der Waals surface area contributed by atoms with E-state index in [0.29, 0.717) is 5.56 Å². The van der Waals surface area contributed by atoms with Gasteiger partial charge in [-0.05, 0) is 31.7 Å². The molecule has 32 heavy (non-hydrogen) atoms. The number of carbonyl (C=O) groups is 1. The van der Waals surface area contributed by atoms with Crippen molar-refractivity contribution in [3.05, 3.63) is 53.9 Å². The molecule has 1 amide bonds. The lowest BCUT2D eigenvalue weighted by atomic mass is 10.0. The summed E-state index contributed by atoms with van der Waals surface area (Å²) in [5.74, 6) is -0.108. The number of amides is 1. The van der Waals surface area contributed by atoms with E-state index < -0.39 is 0 Å². The lowest BCUT2D eigenvalue weighted by Gasteiger charge is -2.26. The highest BCUT2D eigenvalue weighted by molar-refractivity contribution is 6.06. The summed E-state index contributed by atoms with van der Waals surface area (Å²) in [6.07, 6.45) is 8.36. The van der Waals surface area contributed by atoms with E-state index in [0.717, 1.165) is 74.1 Å². The molecular weight excluding hydrogens is 402 g/mol. The molecule has 0 bridgehead atoms. The van der Waals surface area contributed by atoms with Crippen LogP contribution in [-0.4, -0.2) is 39.9 Å². The molecule has 0 radical (unpaired) electrons. The van der Waals surface area contributed by atoms with Crippen LogP contribution < -0.4 is 10.6 Å². The number of nitrogens with zero attached hydrogens (tertiary/aromatic N) is 3. The van der Waals surface area contributed by atoms with Crippen LogP contribution in [0.1, 0.15) is 67.9 Å². The van der Waals surface area contributed by atoms with E-state index >= 15 is 0 Å². The number of ether oxygens (including phenoxy) is 1. The van der Waals surface area contributed by atoms with Crippen molar-refractivity contribution >= 4 is 22.6 Å². The maximum absolute atomic E-state index is 13.5. The summed E-state index contributed by atoms with van der Waals surface area (Å²) in [7, 11) is 0. The molecule has 7 heteroatoms. The Balaban J connectivity index is 1.66. The fraction of sp³-hybridized carbons (Fsp3) is 0.480. The van der Waals surface area contributed by atoms with Crippen LogP contribution in [-0.2, 0) is 11.3 Å². The molecule has 2 N–H and O–H groups in total. The molecule has 1 atom stereocenters. The molecule has 170 valence electrons. The van der Waals surface area contributed by atoms with Crippen molar-refractivity contribution in [1.29, 1.82) is 0 Å². The van der Waals surface area contributed by atoms with E-state index in [1.165, 1.54) is 0 Å². The Morgan fingerprint density at radius 3 is 2.69 bits per heavy atom. The summed E-state index contributed by atoms with van der Waals surface area (Å²) < 4.78 is 7.38. The van der Waals surface area contributed by atoms with E-state index in [4.69, 9.17) is 4.74 Å². The van der Waals surface area contributed by atoms with Crippen LogP contribution in [0.3, 0.4) is 0 Å². The lowest BCUT2D eigenvalue weighted by molar-refractivity contribution is 0.0903. The van der Waals surface area contributed by atoms with Crippen LogP contribution in [0.25, 0.3) is 11.0 Å². The summed E-state index contributed by atoms with van der Waals surface area (Å²) in [6.45, 7) is 6.40. The van der Waals surface area contributed by atoms with Crippen molar-refractivity contribution in [3.63, 3.8) is 0 Å². The van der Waals surface area contributed by atoms with Gasteiger partial charge in [-0.3, -0.25) is 4.79 Å². The molecule has 1 aliphatic heterocycles. The Morgan fingerprint density at radius 2 is 1.97 bits per heavy atom. The first-order valence-corrected chi connectivity index (χ1v) is 11.8. The van der Waals surface area contributed by atoms with E-state index in [1.807, 2.05) is 36.0 Å². The zero-order valence-electron chi connectivity index (χ0n) is 19.0. The number of aromatic nitrogens is 3. The van der Waals surface area contributed by atoms with Gasteiger partial charge in [0, 0.05) is 32.0 Å². The van der Waals surface area contributed by atoms with Crippen LogP contribution in [0.5, 0.6) is 0 Å². The number of rotatable bonds is 9. The molecular formula is C25H33N5O2. The molecule has 0 aliphatic carbocycles. The van der Waals surface area contributed by atoms with E-state index in [2.05, 4.69) is 39.8 Å². The number of aryl methyl sites for hydroxylation is 1. The van der Waals surface area contributed by atoms with Gasteiger partial charge in [0.25, 0.3) is 5.91 Å². The molecule has 1 saturated heterocycles. The first-order valence-electron chi connectivity index (χ1n) is 11.8. The maximum atomic E-state index is 13.5. The fourth-order valence-corrected chi connectivity index (χ4v) is 4.28. The van der Waals surface area contributed by atoms with Gasteiger partial charge in [0.2, 0.25) is 0 Å². The number of nitrogens with one attached hydrogen (secondary N) is 2. The normalized spacial score (nSPS) is 15.6. The smallest absolute Gasteiger partial charge is 0.255 e. The van der Waals surface area contributed by atoms with Gasteiger partial charge in [0.15, 0.2) is 5.65 Å². The Kier molecular flexibility index (Phi) is 7.37. The van der Waals surface area contributed by atoms with Gasteiger partial charge >= 0.3 is 0 Å². The first-order chi connectivity index (χ1) is 15.7. The molecule has 0 spiro atoms. The number of benzene rings is 1. The predicted molar refractivity (Wildman–Crippen MR) is 127 cm³/mol. The fourth-order valence-electron chi connectivity index (χ4n) is 4.28. The molecule has 1 unspecified atom stereocenters. The largest absolute Gasteiger partial charge is 0.381 e. The second-order valence-electron chi connectivity index (χ2n) is 8.35. The standard InChI is InChI=1S/C25H33N5O2/c1-3-5-11-22(18-9-7-6-8-10-18)29-25(31)21-16-26-24-20(17-27-30(24)4-2)23(21)28-19-12-14-32-15-13-19/h6-10,16-17,19,22H,3-5,11-15H2,1-2H3,(H,26,28)(H,29,31). The molecule has 7 nitrogen and oxygen atoms in total. The minimum absolute atomic E-state index is 0.0337. The summed E-state index contributed by atoms with van der Waals surface area (Å²) >= 11 is 0. The SMILES string of the molecule is CCCCC(NC(=O)c1cnc2c(cnn2CC)c1NC1CCOCC1)c1ccccc1. The molecule has 4 rings (SSSR count). The van der Waals surface area contributed by atoms with Crippen molar-refractivity contribution in [3.8, 4) is 0 Å². The Bertz CT molecular complexity index is 1030.